The first kappa shape index (κ1) is 13.2. The molecule has 0 aliphatic rings. The number of nitrogens with one attached hydrogen (secondary N) is 1. The summed E-state index contributed by atoms with van der Waals surface area (Å²) in [4.78, 5) is 2.24. The molecular formula is C14H15F2NS. The minimum Gasteiger partial charge on any atom is -0.309 e. The highest BCUT2D eigenvalue weighted by atomic mass is 32.1. The highest BCUT2D eigenvalue weighted by Gasteiger charge is 2.18. The van der Waals surface area contributed by atoms with Crippen LogP contribution in [0.15, 0.2) is 30.3 Å². The molecule has 0 saturated heterocycles. The van der Waals surface area contributed by atoms with Gasteiger partial charge in [-0.15, -0.1) is 11.3 Å². The average Bonchev–Trinajstić information content (AvgIpc) is 2.83. The van der Waals surface area contributed by atoms with Crippen LogP contribution in [0.1, 0.15) is 28.3 Å². The van der Waals surface area contributed by atoms with Crippen LogP contribution >= 0.6 is 11.3 Å². The van der Waals surface area contributed by atoms with Crippen molar-refractivity contribution in [3.8, 4) is 0 Å². The third kappa shape index (κ3) is 2.60. The highest BCUT2D eigenvalue weighted by Crippen LogP contribution is 2.30. The summed E-state index contributed by atoms with van der Waals surface area (Å²) in [6, 6.07) is 7.25. The summed E-state index contributed by atoms with van der Waals surface area (Å²) in [7, 11) is 1.75. The van der Waals surface area contributed by atoms with Crippen molar-refractivity contribution in [1.29, 1.82) is 0 Å². The molecule has 2 aromatic rings. The van der Waals surface area contributed by atoms with E-state index in [1.54, 1.807) is 18.4 Å². The Morgan fingerprint density at radius 2 is 2.00 bits per heavy atom. The zero-order valence-corrected chi connectivity index (χ0v) is 11.2. The van der Waals surface area contributed by atoms with Crippen LogP contribution in [0, 0.1) is 11.6 Å². The Bertz CT molecular complexity index is 536. The maximum Gasteiger partial charge on any atom is 0.128 e. The van der Waals surface area contributed by atoms with E-state index in [0.717, 1.165) is 17.4 Å². The number of hydrogen-bond acceptors (Lipinski definition) is 2. The van der Waals surface area contributed by atoms with Gasteiger partial charge in [0.2, 0.25) is 0 Å². The SMILES string of the molecule is CCc1ccc(C(NC)c2cc(F)ccc2F)s1. The fourth-order valence-corrected chi connectivity index (χ4v) is 3.01. The fourth-order valence-electron chi connectivity index (χ4n) is 1.93. The molecule has 0 aliphatic carbocycles. The number of benzene rings is 1. The van der Waals surface area contributed by atoms with E-state index < -0.39 is 5.82 Å². The second kappa shape index (κ2) is 5.59. The fraction of sp³-hybridized carbons (Fsp3) is 0.286. The van der Waals surface area contributed by atoms with Gasteiger partial charge in [0.05, 0.1) is 6.04 Å². The second-order valence-electron chi connectivity index (χ2n) is 4.05. The number of hydrogen-bond donors (Lipinski definition) is 1. The van der Waals surface area contributed by atoms with Crippen molar-refractivity contribution in [2.45, 2.75) is 19.4 Å². The van der Waals surface area contributed by atoms with Gasteiger partial charge in [0.15, 0.2) is 0 Å². The van der Waals surface area contributed by atoms with E-state index in [9.17, 15) is 8.78 Å². The van der Waals surface area contributed by atoms with Crippen molar-refractivity contribution >= 4 is 11.3 Å². The van der Waals surface area contributed by atoms with Crippen molar-refractivity contribution in [3.63, 3.8) is 0 Å². The number of rotatable bonds is 4. The summed E-state index contributed by atoms with van der Waals surface area (Å²) in [6.07, 6.45) is 0.951. The molecule has 18 heavy (non-hydrogen) atoms. The molecule has 1 heterocycles. The minimum atomic E-state index is -0.418. The van der Waals surface area contributed by atoms with E-state index in [4.69, 9.17) is 0 Å². The van der Waals surface area contributed by atoms with Crippen molar-refractivity contribution in [3.05, 3.63) is 57.3 Å². The topological polar surface area (TPSA) is 12.0 Å². The maximum absolute atomic E-state index is 13.8. The second-order valence-corrected chi connectivity index (χ2v) is 5.25. The van der Waals surface area contributed by atoms with Gasteiger partial charge in [0, 0.05) is 15.3 Å². The molecule has 0 spiro atoms. The first-order valence-corrected chi connectivity index (χ1v) is 6.68. The van der Waals surface area contributed by atoms with E-state index >= 15 is 0 Å². The average molecular weight is 267 g/mol. The van der Waals surface area contributed by atoms with Gasteiger partial charge < -0.3 is 5.32 Å². The van der Waals surface area contributed by atoms with E-state index in [1.807, 2.05) is 12.1 Å². The van der Waals surface area contributed by atoms with Crippen LogP contribution in [0.2, 0.25) is 0 Å². The summed E-state index contributed by atoms with van der Waals surface area (Å²) in [5.41, 5.74) is 0.349. The zero-order valence-electron chi connectivity index (χ0n) is 10.3. The molecule has 0 bridgehead atoms. The van der Waals surface area contributed by atoms with Gasteiger partial charge in [-0.05, 0) is 43.8 Å². The van der Waals surface area contributed by atoms with Crippen LogP contribution < -0.4 is 5.32 Å². The van der Waals surface area contributed by atoms with Crippen LogP contribution in [0.25, 0.3) is 0 Å². The van der Waals surface area contributed by atoms with Gasteiger partial charge in [0.25, 0.3) is 0 Å². The third-order valence-electron chi connectivity index (χ3n) is 2.87. The molecule has 1 nitrogen and oxygen atoms in total. The van der Waals surface area contributed by atoms with Crippen LogP contribution in [0.4, 0.5) is 8.78 Å². The van der Waals surface area contributed by atoms with Crippen molar-refractivity contribution < 1.29 is 8.78 Å². The summed E-state index contributed by atoms with van der Waals surface area (Å²) in [6.45, 7) is 2.08. The number of halogens is 2. The minimum absolute atomic E-state index is 0.300. The Balaban J connectivity index is 2.41. The van der Waals surface area contributed by atoms with Crippen molar-refractivity contribution in [2.75, 3.05) is 7.05 Å². The lowest BCUT2D eigenvalue weighted by molar-refractivity contribution is 0.560. The quantitative estimate of drug-likeness (QED) is 0.886. The lowest BCUT2D eigenvalue weighted by Crippen LogP contribution is -2.18. The highest BCUT2D eigenvalue weighted by molar-refractivity contribution is 7.12. The van der Waals surface area contributed by atoms with Gasteiger partial charge in [-0.25, -0.2) is 8.78 Å². The predicted octanol–water partition coefficient (Wildman–Crippen LogP) is 3.90. The number of thiophene rings is 1. The Hall–Kier alpha value is -1.26. The molecule has 1 unspecified atom stereocenters. The molecule has 4 heteroatoms. The monoisotopic (exact) mass is 267 g/mol. The molecule has 2 rings (SSSR count). The van der Waals surface area contributed by atoms with Crippen LogP contribution in [0.5, 0.6) is 0 Å². The molecule has 0 amide bonds. The van der Waals surface area contributed by atoms with Gasteiger partial charge in [-0.3, -0.25) is 0 Å². The van der Waals surface area contributed by atoms with Crippen LogP contribution in [0.3, 0.4) is 0 Å². The zero-order chi connectivity index (χ0) is 13.1. The summed E-state index contributed by atoms with van der Waals surface area (Å²) < 4.78 is 27.0. The lowest BCUT2D eigenvalue weighted by atomic mass is 10.0. The summed E-state index contributed by atoms with van der Waals surface area (Å²) in [5, 5.41) is 3.04. The molecule has 0 aliphatic heterocycles. The molecule has 96 valence electrons. The Morgan fingerprint density at radius 1 is 1.22 bits per heavy atom. The third-order valence-corrected chi connectivity index (χ3v) is 4.17. The summed E-state index contributed by atoms with van der Waals surface area (Å²) in [5.74, 6) is -0.805. The molecule has 0 saturated carbocycles. The smallest absolute Gasteiger partial charge is 0.128 e. The predicted molar refractivity (Wildman–Crippen MR) is 71.0 cm³/mol. The van der Waals surface area contributed by atoms with E-state index in [0.29, 0.717) is 5.56 Å². The maximum atomic E-state index is 13.8. The van der Waals surface area contributed by atoms with Gasteiger partial charge in [0.1, 0.15) is 11.6 Å². The van der Waals surface area contributed by atoms with Crippen molar-refractivity contribution in [2.24, 2.45) is 0 Å². The standard InChI is InChI=1S/C14H15F2NS/c1-3-10-5-7-13(18-10)14(17-2)11-8-9(15)4-6-12(11)16/h4-8,14,17H,3H2,1-2H3. The molecule has 1 N–H and O–H groups in total. The largest absolute Gasteiger partial charge is 0.309 e. The molecule has 0 fully saturated rings. The van der Waals surface area contributed by atoms with Gasteiger partial charge >= 0.3 is 0 Å². The normalized spacial score (nSPS) is 12.7. The number of aryl methyl sites for hydroxylation is 1. The molecule has 1 aromatic carbocycles. The summed E-state index contributed by atoms with van der Waals surface area (Å²) >= 11 is 1.62. The van der Waals surface area contributed by atoms with E-state index in [2.05, 4.69) is 12.2 Å². The van der Waals surface area contributed by atoms with Crippen LogP contribution in [-0.4, -0.2) is 7.05 Å². The molecule has 1 atom stereocenters. The first-order valence-electron chi connectivity index (χ1n) is 5.86. The lowest BCUT2D eigenvalue weighted by Gasteiger charge is -2.16. The van der Waals surface area contributed by atoms with Gasteiger partial charge in [-0.1, -0.05) is 6.92 Å². The molecular weight excluding hydrogens is 252 g/mol. The van der Waals surface area contributed by atoms with E-state index in [1.165, 1.54) is 17.0 Å². The molecule has 1 aromatic heterocycles. The Labute approximate surface area is 109 Å². The van der Waals surface area contributed by atoms with E-state index in [-0.39, 0.29) is 11.9 Å². The molecule has 0 radical (unpaired) electrons. The Kier molecular flexibility index (Phi) is 4.09. The van der Waals surface area contributed by atoms with Gasteiger partial charge in [-0.2, -0.15) is 0 Å². The van der Waals surface area contributed by atoms with Crippen LogP contribution in [-0.2, 0) is 6.42 Å². The Morgan fingerprint density at radius 3 is 2.61 bits per heavy atom. The first-order chi connectivity index (χ1) is 8.65. The van der Waals surface area contributed by atoms with Crippen molar-refractivity contribution in [1.82, 2.24) is 5.32 Å².